The van der Waals surface area contributed by atoms with Crippen LogP contribution in [0.5, 0.6) is 0 Å². The van der Waals surface area contributed by atoms with Crippen molar-refractivity contribution in [2.45, 2.75) is 0 Å². The Hall–Kier alpha value is -0.930. The van der Waals surface area contributed by atoms with Crippen LogP contribution < -0.4 is 5.32 Å². The third-order valence-corrected chi connectivity index (χ3v) is 1.92. The molecular weight excluding hydrogens is 213 g/mol. The van der Waals surface area contributed by atoms with Crippen LogP contribution in [0.1, 0.15) is 0 Å². The van der Waals surface area contributed by atoms with Gasteiger partial charge in [-0.3, -0.25) is 5.32 Å². The number of halogens is 2. The molecule has 1 rings (SSSR count). The first kappa shape index (κ1) is 10.2. The Bertz CT molecular complexity index is 328. The van der Waals surface area contributed by atoms with Gasteiger partial charge in [-0.1, -0.05) is 23.2 Å². The highest BCUT2D eigenvalue weighted by atomic mass is 35.5. The lowest BCUT2D eigenvalue weighted by molar-refractivity contribution is 0.187. The van der Waals surface area contributed by atoms with Crippen molar-refractivity contribution in [3.8, 4) is 0 Å². The van der Waals surface area contributed by atoms with Crippen molar-refractivity contribution >= 4 is 35.0 Å². The SMILES string of the molecule is COC(=O)Nc1cc(Cl)ccc1Cl. The van der Waals surface area contributed by atoms with Crippen molar-refractivity contribution in [3.05, 3.63) is 28.2 Å². The molecule has 0 aliphatic heterocycles. The summed E-state index contributed by atoms with van der Waals surface area (Å²) >= 11 is 11.5. The molecule has 1 N–H and O–H groups in total. The highest BCUT2D eigenvalue weighted by molar-refractivity contribution is 6.35. The van der Waals surface area contributed by atoms with Gasteiger partial charge in [0.25, 0.3) is 0 Å². The summed E-state index contributed by atoms with van der Waals surface area (Å²) in [6.07, 6.45) is -0.579. The molecule has 0 heterocycles. The summed E-state index contributed by atoms with van der Waals surface area (Å²) in [7, 11) is 1.27. The molecule has 0 unspecified atom stereocenters. The van der Waals surface area contributed by atoms with Gasteiger partial charge in [0.15, 0.2) is 0 Å². The van der Waals surface area contributed by atoms with Crippen molar-refractivity contribution in [3.63, 3.8) is 0 Å². The van der Waals surface area contributed by atoms with E-state index in [0.29, 0.717) is 15.7 Å². The molecule has 0 aliphatic rings. The van der Waals surface area contributed by atoms with Gasteiger partial charge in [-0.25, -0.2) is 4.79 Å². The molecule has 0 saturated heterocycles. The predicted molar refractivity (Wildman–Crippen MR) is 52.5 cm³/mol. The normalized spacial score (nSPS) is 9.46. The minimum Gasteiger partial charge on any atom is -0.453 e. The molecular formula is C8H7Cl2NO2. The van der Waals surface area contributed by atoms with Gasteiger partial charge in [0.2, 0.25) is 0 Å². The second-order valence-electron chi connectivity index (χ2n) is 2.24. The molecule has 1 aromatic rings. The maximum absolute atomic E-state index is 10.8. The highest BCUT2D eigenvalue weighted by Crippen LogP contribution is 2.25. The first-order chi connectivity index (χ1) is 6.13. The maximum Gasteiger partial charge on any atom is 0.411 e. The van der Waals surface area contributed by atoms with E-state index in [1.165, 1.54) is 7.11 Å². The zero-order valence-electron chi connectivity index (χ0n) is 6.80. The molecule has 0 radical (unpaired) electrons. The zero-order chi connectivity index (χ0) is 9.84. The molecule has 0 saturated carbocycles. The number of carbonyl (C=O) groups is 1. The average Bonchev–Trinajstić information content (AvgIpc) is 2.11. The van der Waals surface area contributed by atoms with E-state index < -0.39 is 6.09 Å². The number of anilines is 1. The number of benzene rings is 1. The molecule has 0 atom stereocenters. The molecule has 13 heavy (non-hydrogen) atoms. The molecule has 5 heteroatoms. The summed E-state index contributed by atoms with van der Waals surface area (Å²) in [6, 6.07) is 4.77. The van der Waals surface area contributed by atoms with Crippen LogP contribution in [0, 0.1) is 0 Å². The molecule has 1 amide bonds. The molecule has 0 aliphatic carbocycles. The van der Waals surface area contributed by atoms with Crippen molar-refractivity contribution in [2.24, 2.45) is 0 Å². The number of ether oxygens (including phenoxy) is 1. The van der Waals surface area contributed by atoms with Crippen LogP contribution in [0.2, 0.25) is 10.0 Å². The van der Waals surface area contributed by atoms with Crippen LogP contribution >= 0.6 is 23.2 Å². The number of nitrogens with one attached hydrogen (secondary N) is 1. The number of hydrogen-bond acceptors (Lipinski definition) is 2. The van der Waals surface area contributed by atoms with E-state index in [1.807, 2.05) is 0 Å². The van der Waals surface area contributed by atoms with Crippen LogP contribution in [0.15, 0.2) is 18.2 Å². The molecule has 0 bridgehead atoms. The molecule has 3 nitrogen and oxygen atoms in total. The Balaban J connectivity index is 2.87. The van der Waals surface area contributed by atoms with Gasteiger partial charge in [-0.15, -0.1) is 0 Å². The van der Waals surface area contributed by atoms with E-state index in [9.17, 15) is 4.79 Å². The third kappa shape index (κ3) is 2.79. The van der Waals surface area contributed by atoms with Crippen LogP contribution in [0.4, 0.5) is 10.5 Å². The van der Waals surface area contributed by atoms with E-state index in [-0.39, 0.29) is 0 Å². The molecule has 70 valence electrons. The van der Waals surface area contributed by atoms with Gasteiger partial charge in [-0.2, -0.15) is 0 Å². The number of carbonyl (C=O) groups excluding carboxylic acids is 1. The van der Waals surface area contributed by atoms with Crippen molar-refractivity contribution in [1.82, 2.24) is 0 Å². The number of rotatable bonds is 1. The topological polar surface area (TPSA) is 38.3 Å². The first-order valence-electron chi connectivity index (χ1n) is 3.43. The second-order valence-corrected chi connectivity index (χ2v) is 3.08. The summed E-state index contributed by atoms with van der Waals surface area (Å²) in [5.74, 6) is 0. The quantitative estimate of drug-likeness (QED) is 0.789. The second kappa shape index (κ2) is 4.35. The molecule has 0 aromatic heterocycles. The van der Waals surface area contributed by atoms with Gasteiger partial charge in [-0.05, 0) is 18.2 Å². The average molecular weight is 220 g/mol. The Labute approximate surface area is 85.6 Å². The van der Waals surface area contributed by atoms with Gasteiger partial charge < -0.3 is 4.74 Å². The standard InChI is InChI=1S/C8H7Cl2NO2/c1-13-8(12)11-7-4-5(9)2-3-6(7)10/h2-4H,1H3,(H,11,12). The Morgan fingerprint density at radius 1 is 1.46 bits per heavy atom. The van der Waals surface area contributed by atoms with E-state index in [1.54, 1.807) is 18.2 Å². The van der Waals surface area contributed by atoms with E-state index in [2.05, 4.69) is 10.1 Å². The van der Waals surface area contributed by atoms with Crippen LogP contribution in [-0.2, 0) is 4.74 Å². The van der Waals surface area contributed by atoms with Crippen molar-refractivity contribution in [2.75, 3.05) is 12.4 Å². The highest BCUT2D eigenvalue weighted by Gasteiger charge is 2.05. The van der Waals surface area contributed by atoms with E-state index >= 15 is 0 Å². The minimum atomic E-state index is -0.579. The smallest absolute Gasteiger partial charge is 0.411 e. The fourth-order valence-electron chi connectivity index (χ4n) is 0.754. The molecule has 0 fully saturated rings. The van der Waals surface area contributed by atoms with Crippen LogP contribution in [0.3, 0.4) is 0 Å². The van der Waals surface area contributed by atoms with E-state index in [0.717, 1.165) is 0 Å². The van der Waals surface area contributed by atoms with Crippen LogP contribution in [0.25, 0.3) is 0 Å². The van der Waals surface area contributed by atoms with Gasteiger partial charge >= 0.3 is 6.09 Å². The summed E-state index contributed by atoms with van der Waals surface area (Å²) in [5, 5.41) is 3.33. The van der Waals surface area contributed by atoms with Gasteiger partial charge in [0.1, 0.15) is 0 Å². The lowest BCUT2D eigenvalue weighted by Crippen LogP contribution is -2.11. The van der Waals surface area contributed by atoms with Crippen LogP contribution in [-0.4, -0.2) is 13.2 Å². The lowest BCUT2D eigenvalue weighted by atomic mass is 10.3. The number of methoxy groups -OCH3 is 1. The molecule has 0 spiro atoms. The molecule has 1 aromatic carbocycles. The summed E-state index contributed by atoms with van der Waals surface area (Å²) in [6.45, 7) is 0. The predicted octanol–water partition coefficient (Wildman–Crippen LogP) is 3.17. The fraction of sp³-hybridized carbons (Fsp3) is 0.125. The van der Waals surface area contributed by atoms with Crippen molar-refractivity contribution in [1.29, 1.82) is 0 Å². The summed E-state index contributed by atoms with van der Waals surface area (Å²) in [5.41, 5.74) is 0.431. The lowest BCUT2D eigenvalue weighted by Gasteiger charge is -2.05. The third-order valence-electron chi connectivity index (χ3n) is 1.35. The number of hydrogen-bond donors (Lipinski definition) is 1. The largest absolute Gasteiger partial charge is 0.453 e. The van der Waals surface area contributed by atoms with Gasteiger partial charge in [0, 0.05) is 5.02 Å². The Morgan fingerprint density at radius 2 is 2.15 bits per heavy atom. The monoisotopic (exact) mass is 219 g/mol. The minimum absolute atomic E-state index is 0.412. The fourth-order valence-corrected chi connectivity index (χ4v) is 1.09. The Kier molecular flexibility index (Phi) is 3.39. The van der Waals surface area contributed by atoms with Gasteiger partial charge in [0.05, 0.1) is 17.8 Å². The summed E-state index contributed by atoms with van der Waals surface area (Å²) in [4.78, 5) is 10.8. The van der Waals surface area contributed by atoms with Crippen molar-refractivity contribution < 1.29 is 9.53 Å². The zero-order valence-corrected chi connectivity index (χ0v) is 8.32. The first-order valence-corrected chi connectivity index (χ1v) is 4.19. The van der Waals surface area contributed by atoms with E-state index in [4.69, 9.17) is 23.2 Å². The maximum atomic E-state index is 10.8. The summed E-state index contributed by atoms with van der Waals surface area (Å²) < 4.78 is 4.40. The Morgan fingerprint density at radius 3 is 2.77 bits per heavy atom. The number of amides is 1.